The maximum Gasteiger partial charge on any atom is 0.170 e. The highest BCUT2D eigenvalue weighted by atomic mass is 19.2. The molecular formula is C29H42F2N2. The molecule has 0 N–H and O–H groups in total. The minimum Gasteiger partial charge on any atom is -0.236 e. The Morgan fingerprint density at radius 3 is 1.91 bits per heavy atom. The maximum atomic E-state index is 14.7. The number of hydrogen-bond donors (Lipinski definition) is 0. The van der Waals surface area contributed by atoms with Gasteiger partial charge in [0.15, 0.2) is 17.5 Å². The van der Waals surface area contributed by atoms with Gasteiger partial charge in [-0.05, 0) is 37.3 Å². The minimum atomic E-state index is -0.878. The standard InChI is InChI=1S/C29H42F2N2/c1-3-5-7-9-11-13-15-17-19-25-20-21-26(28(31)27(25)30)29-32-22-24(23-33-29)18-16-14-12-10-8-6-4-2/h17,19-23H,3-16,18H2,1-2H3. The lowest BCUT2D eigenvalue weighted by atomic mass is 10.1. The third-order valence-electron chi connectivity index (χ3n) is 6.15. The van der Waals surface area contributed by atoms with Gasteiger partial charge in [0.25, 0.3) is 0 Å². The molecule has 0 aliphatic carbocycles. The van der Waals surface area contributed by atoms with Crippen LogP contribution in [0.15, 0.2) is 30.6 Å². The van der Waals surface area contributed by atoms with E-state index in [0.717, 1.165) is 31.2 Å². The summed E-state index contributed by atoms with van der Waals surface area (Å²) in [6.45, 7) is 4.44. The van der Waals surface area contributed by atoms with E-state index < -0.39 is 11.6 Å². The lowest BCUT2D eigenvalue weighted by Gasteiger charge is -2.07. The topological polar surface area (TPSA) is 25.8 Å². The molecule has 0 atom stereocenters. The molecule has 1 heterocycles. The van der Waals surface area contributed by atoms with Crippen LogP contribution >= 0.6 is 0 Å². The number of nitrogens with zero attached hydrogens (tertiary/aromatic N) is 2. The zero-order valence-electron chi connectivity index (χ0n) is 20.7. The Morgan fingerprint density at radius 2 is 1.27 bits per heavy atom. The fraction of sp³-hybridized carbons (Fsp3) is 0.586. The summed E-state index contributed by atoms with van der Waals surface area (Å²) in [5.41, 5.74) is 1.43. The van der Waals surface area contributed by atoms with E-state index in [9.17, 15) is 8.78 Å². The van der Waals surface area contributed by atoms with E-state index in [2.05, 4.69) is 23.8 Å². The van der Waals surface area contributed by atoms with Crippen molar-refractivity contribution < 1.29 is 8.78 Å². The number of aromatic nitrogens is 2. The maximum absolute atomic E-state index is 14.7. The van der Waals surface area contributed by atoms with Gasteiger partial charge in [0.05, 0.1) is 5.56 Å². The van der Waals surface area contributed by atoms with Gasteiger partial charge >= 0.3 is 0 Å². The van der Waals surface area contributed by atoms with E-state index in [1.165, 1.54) is 70.6 Å². The van der Waals surface area contributed by atoms with Crippen LogP contribution in [0.4, 0.5) is 8.78 Å². The van der Waals surface area contributed by atoms with Crippen LogP contribution < -0.4 is 0 Å². The first-order valence-corrected chi connectivity index (χ1v) is 13.1. The third kappa shape index (κ3) is 10.1. The van der Waals surface area contributed by atoms with Crippen molar-refractivity contribution in [3.05, 3.63) is 53.4 Å². The SMILES string of the molecule is CCCCCCCCC=Cc1ccc(-c2ncc(CCCCCCCCC)cn2)c(F)c1F. The van der Waals surface area contributed by atoms with Crippen molar-refractivity contribution in [1.82, 2.24) is 9.97 Å². The van der Waals surface area contributed by atoms with Gasteiger partial charge in [-0.1, -0.05) is 103 Å². The van der Waals surface area contributed by atoms with Crippen molar-refractivity contribution in [3.63, 3.8) is 0 Å². The van der Waals surface area contributed by atoms with Gasteiger partial charge in [0.2, 0.25) is 0 Å². The van der Waals surface area contributed by atoms with E-state index in [-0.39, 0.29) is 17.0 Å². The summed E-state index contributed by atoms with van der Waals surface area (Å²) in [6, 6.07) is 3.19. The molecule has 0 spiro atoms. The van der Waals surface area contributed by atoms with E-state index in [0.29, 0.717) is 0 Å². The van der Waals surface area contributed by atoms with Gasteiger partial charge in [-0.15, -0.1) is 0 Å². The Bertz CT molecular complexity index is 815. The van der Waals surface area contributed by atoms with E-state index in [1.807, 2.05) is 6.08 Å². The molecule has 1 aromatic carbocycles. The van der Waals surface area contributed by atoms with Crippen LogP contribution in [0, 0.1) is 11.6 Å². The Kier molecular flexibility index (Phi) is 13.6. The van der Waals surface area contributed by atoms with Crippen LogP contribution in [0.25, 0.3) is 17.5 Å². The number of unbranched alkanes of at least 4 members (excludes halogenated alkanes) is 12. The van der Waals surface area contributed by atoms with Crippen molar-refractivity contribution in [3.8, 4) is 11.4 Å². The average Bonchev–Trinajstić information content (AvgIpc) is 2.83. The Balaban J connectivity index is 1.83. The smallest absolute Gasteiger partial charge is 0.170 e. The van der Waals surface area contributed by atoms with Gasteiger partial charge in [-0.25, -0.2) is 18.7 Å². The summed E-state index contributed by atoms with van der Waals surface area (Å²) < 4.78 is 29.3. The highest BCUT2D eigenvalue weighted by Gasteiger charge is 2.15. The molecule has 0 radical (unpaired) electrons. The molecule has 2 nitrogen and oxygen atoms in total. The predicted molar refractivity (Wildman–Crippen MR) is 136 cm³/mol. The lowest BCUT2D eigenvalue weighted by molar-refractivity contribution is 0.509. The van der Waals surface area contributed by atoms with Gasteiger partial charge in [-0.2, -0.15) is 0 Å². The second-order valence-electron chi connectivity index (χ2n) is 9.08. The molecule has 4 heteroatoms. The number of hydrogen-bond acceptors (Lipinski definition) is 2. The second-order valence-corrected chi connectivity index (χ2v) is 9.08. The molecule has 0 fully saturated rings. The molecule has 2 rings (SSSR count). The molecule has 0 amide bonds. The zero-order chi connectivity index (χ0) is 23.7. The number of aryl methyl sites for hydroxylation is 1. The minimum absolute atomic E-state index is 0.114. The van der Waals surface area contributed by atoms with Crippen molar-refractivity contribution in [2.75, 3.05) is 0 Å². The van der Waals surface area contributed by atoms with E-state index in [4.69, 9.17) is 0 Å². The fourth-order valence-corrected chi connectivity index (χ4v) is 4.03. The highest BCUT2D eigenvalue weighted by molar-refractivity contribution is 5.61. The number of rotatable bonds is 17. The summed E-state index contributed by atoms with van der Waals surface area (Å²) in [5.74, 6) is -1.48. The third-order valence-corrected chi connectivity index (χ3v) is 6.15. The van der Waals surface area contributed by atoms with Gasteiger partial charge < -0.3 is 0 Å². The molecule has 2 aromatic rings. The van der Waals surface area contributed by atoms with Gasteiger partial charge in [0.1, 0.15) is 0 Å². The monoisotopic (exact) mass is 456 g/mol. The molecule has 0 saturated carbocycles. The van der Waals surface area contributed by atoms with Crippen LogP contribution in [0.3, 0.4) is 0 Å². The molecule has 0 saturated heterocycles. The molecule has 0 bridgehead atoms. The Morgan fingerprint density at radius 1 is 0.697 bits per heavy atom. The number of halogens is 2. The van der Waals surface area contributed by atoms with Crippen molar-refractivity contribution in [2.24, 2.45) is 0 Å². The first kappa shape index (κ1) is 27.1. The number of benzene rings is 1. The van der Waals surface area contributed by atoms with Crippen LogP contribution in [0.1, 0.15) is 115 Å². The molecule has 182 valence electrons. The van der Waals surface area contributed by atoms with Gasteiger partial charge in [-0.3, -0.25) is 0 Å². The molecule has 1 aromatic heterocycles. The van der Waals surface area contributed by atoms with Gasteiger partial charge in [0, 0.05) is 18.0 Å². The first-order valence-electron chi connectivity index (χ1n) is 13.1. The summed E-state index contributed by atoms with van der Waals surface area (Å²) in [4.78, 5) is 8.60. The summed E-state index contributed by atoms with van der Waals surface area (Å²) >= 11 is 0. The van der Waals surface area contributed by atoms with E-state index in [1.54, 1.807) is 30.6 Å². The highest BCUT2D eigenvalue weighted by Crippen LogP contribution is 2.25. The molecule has 0 unspecified atom stereocenters. The van der Waals surface area contributed by atoms with E-state index >= 15 is 0 Å². The number of allylic oxidation sites excluding steroid dienone is 1. The summed E-state index contributed by atoms with van der Waals surface area (Å²) in [6.07, 6.45) is 25.1. The van der Waals surface area contributed by atoms with Crippen molar-refractivity contribution in [1.29, 1.82) is 0 Å². The van der Waals surface area contributed by atoms with Crippen molar-refractivity contribution >= 4 is 6.08 Å². The average molecular weight is 457 g/mol. The fourth-order valence-electron chi connectivity index (χ4n) is 4.03. The molecule has 0 aliphatic heterocycles. The van der Waals surface area contributed by atoms with Crippen LogP contribution in [0.5, 0.6) is 0 Å². The zero-order valence-corrected chi connectivity index (χ0v) is 20.7. The Labute approximate surface area is 200 Å². The Hall–Kier alpha value is -2.10. The molecular weight excluding hydrogens is 414 g/mol. The van der Waals surface area contributed by atoms with Crippen LogP contribution in [0.2, 0.25) is 0 Å². The quantitative estimate of drug-likeness (QED) is 0.221. The van der Waals surface area contributed by atoms with Crippen LogP contribution in [-0.2, 0) is 6.42 Å². The predicted octanol–water partition coefficient (Wildman–Crippen LogP) is 9.48. The largest absolute Gasteiger partial charge is 0.236 e. The second kappa shape index (κ2) is 16.5. The molecule has 0 aliphatic rings. The normalized spacial score (nSPS) is 11.5. The van der Waals surface area contributed by atoms with Crippen LogP contribution in [-0.4, -0.2) is 9.97 Å². The molecule has 33 heavy (non-hydrogen) atoms. The lowest BCUT2D eigenvalue weighted by Crippen LogP contribution is -1.98. The van der Waals surface area contributed by atoms with Crippen molar-refractivity contribution in [2.45, 2.75) is 110 Å². The summed E-state index contributed by atoms with van der Waals surface area (Å²) in [7, 11) is 0. The first-order chi connectivity index (χ1) is 16.2. The summed E-state index contributed by atoms with van der Waals surface area (Å²) in [5, 5.41) is 0.